The van der Waals surface area contributed by atoms with Crippen LogP contribution >= 0.6 is 0 Å². The Kier molecular flexibility index (Phi) is 4.72. The molecule has 1 heterocycles. The summed E-state index contributed by atoms with van der Waals surface area (Å²) in [6.45, 7) is 5.74. The number of amides is 1. The molecule has 4 N–H and O–H groups in total. The number of aromatic hydroxyl groups is 1. The van der Waals surface area contributed by atoms with Crippen molar-refractivity contribution in [1.29, 1.82) is 0 Å². The van der Waals surface area contributed by atoms with E-state index >= 15 is 0 Å². The van der Waals surface area contributed by atoms with Crippen LogP contribution in [0.2, 0.25) is 0 Å². The molecule has 0 aliphatic carbocycles. The van der Waals surface area contributed by atoms with Gasteiger partial charge in [-0.2, -0.15) is 0 Å². The van der Waals surface area contributed by atoms with E-state index in [9.17, 15) is 14.7 Å². The largest absolute Gasteiger partial charge is 0.501 e. The quantitative estimate of drug-likeness (QED) is 0.735. The first kappa shape index (κ1) is 15.2. The van der Waals surface area contributed by atoms with Gasteiger partial charge < -0.3 is 20.6 Å². The molecule has 0 aliphatic rings. The summed E-state index contributed by atoms with van der Waals surface area (Å²) in [4.78, 5) is 23.1. The van der Waals surface area contributed by atoms with Crippen molar-refractivity contribution in [3.8, 4) is 5.75 Å². The Morgan fingerprint density at radius 2 is 2.21 bits per heavy atom. The van der Waals surface area contributed by atoms with Gasteiger partial charge in [0.1, 0.15) is 5.76 Å². The van der Waals surface area contributed by atoms with Crippen molar-refractivity contribution in [2.75, 3.05) is 6.54 Å². The van der Waals surface area contributed by atoms with E-state index in [0.29, 0.717) is 13.0 Å². The molecule has 1 atom stereocenters. The van der Waals surface area contributed by atoms with Gasteiger partial charge in [-0.15, -0.1) is 0 Å². The predicted octanol–water partition coefficient (Wildman–Crippen LogP) is 0.901. The fourth-order valence-electron chi connectivity index (χ4n) is 1.48. The molecule has 0 spiro atoms. The number of hydrogen-bond acceptors (Lipinski definition) is 5. The van der Waals surface area contributed by atoms with Gasteiger partial charge in [0.15, 0.2) is 0 Å². The lowest BCUT2D eigenvalue weighted by Crippen LogP contribution is -2.39. The zero-order chi connectivity index (χ0) is 14.6. The van der Waals surface area contributed by atoms with Crippen LogP contribution in [-0.4, -0.2) is 23.1 Å². The molecule has 0 saturated heterocycles. The second-order valence-corrected chi connectivity index (χ2v) is 4.91. The van der Waals surface area contributed by atoms with Crippen molar-refractivity contribution in [3.05, 3.63) is 27.8 Å². The van der Waals surface area contributed by atoms with Gasteiger partial charge in [0.25, 0.3) is 5.91 Å². The van der Waals surface area contributed by atoms with Gasteiger partial charge >= 0.3 is 0 Å². The van der Waals surface area contributed by atoms with Crippen LogP contribution in [-0.2, 0) is 0 Å². The molecule has 19 heavy (non-hydrogen) atoms. The Hall–Kier alpha value is -1.82. The standard InChI is InChI=1S/C13H20N2O4/c1-4-13(3,14)5-6-15-12(18)11-10(17)9(16)7-8(2)19-11/h7,17H,4-6,14H2,1-3H3,(H,15,18). The monoisotopic (exact) mass is 268 g/mol. The molecular formula is C13H20N2O4. The average Bonchev–Trinajstić information content (AvgIpc) is 2.33. The Morgan fingerprint density at radius 3 is 2.79 bits per heavy atom. The third-order valence-electron chi connectivity index (χ3n) is 3.04. The highest BCUT2D eigenvalue weighted by Crippen LogP contribution is 2.13. The number of carbonyl (C=O) groups excluding carboxylic acids is 1. The zero-order valence-corrected chi connectivity index (χ0v) is 11.4. The summed E-state index contributed by atoms with van der Waals surface area (Å²) in [6.07, 6.45) is 1.37. The van der Waals surface area contributed by atoms with Crippen LogP contribution in [0.25, 0.3) is 0 Å². The van der Waals surface area contributed by atoms with E-state index in [0.717, 1.165) is 12.5 Å². The van der Waals surface area contributed by atoms with Crippen molar-refractivity contribution in [2.24, 2.45) is 5.73 Å². The first-order chi connectivity index (χ1) is 8.76. The maximum atomic E-state index is 11.8. The lowest BCUT2D eigenvalue weighted by atomic mass is 9.96. The van der Waals surface area contributed by atoms with Crippen LogP contribution in [0.1, 0.15) is 43.0 Å². The van der Waals surface area contributed by atoms with Crippen LogP contribution < -0.4 is 16.5 Å². The van der Waals surface area contributed by atoms with Gasteiger partial charge in [-0.05, 0) is 26.7 Å². The minimum absolute atomic E-state index is 0.269. The third kappa shape index (κ3) is 4.10. The van der Waals surface area contributed by atoms with E-state index in [1.54, 1.807) is 0 Å². The van der Waals surface area contributed by atoms with E-state index in [2.05, 4.69) is 5.32 Å². The number of aryl methyl sites for hydroxylation is 1. The second-order valence-electron chi connectivity index (χ2n) is 4.91. The smallest absolute Gasteiger partial charge is 0.291 e. The summed E-state index contributed by atoms with van der Waals surface area (Å²) in [5, 5.41) is 12.1. The van der Waals surface area contributed by atoms with E-state index in [4.69, 9.17) is 10.2 Å². The molecule has 1 amide bonds. The van der Waals surface area contributed by atoms with Crippen molar-refractivity contribution < 1.29 is 14.3 Å². The lowest BCUT2D eigenvalue weighted by Gasteiger charge is -2.22. The minimum Gasteiger partial charge on any atom is -0.501 e. The van der Waals surface area contributed by atoms with Crippen LogP contribution in [0, 0.1) is 6.92 Å². The maximum Gasteiger partial charge on any atom is 0.291 e. The Balaban J connectivity index is 2.72. The zero-order valence-electron chi connectivity index (χ0n) is 11.4. The molecule has 1 rings (SSSR count). The summed E-state index contributed by atoms with van der Waals surface area (Å²) >= 11 is 0. The summed E-state index contributed by atoms with van der Waals surface area (Å²) < 4.78 is 5.07. The number of carbonyl (C=O) groups is 1. The van der Waals surface area contributed by atoms with Gasteiger partial charge in [-0.25, -0.2) is 0 Å². The maximum absolute atomic E-state index is 11.8. The van der Waals surface area contributed by atoms with Gasteiger partial charge in [0.2, 0.25) is 16.9 Å². The first-order valence-electron chi connectivity index (χ1n) is 6.17. The highest BCUT2D eigenvalue weighted by atomic mass is 16.4. The number of rotatable bonds is 5. The Labute approximate surface area is 111 Å². The van der Waals surface area contributed by atoms with Crippen molar-refractivity contribution in [3.63, 3.8) is 0 Å². The number of nitrogens with one attached hydrogen (secondary N) is 1. The van der Waals surface area contributed by atoms with Crippen LogP contribution in [0.5, 0.6) is 5.75 Å². The summed E-state index contributed by atoms with van der Waals surface area (Å²) in [6, 6.07) is 1.13. The summed E-state index contributed by atoms with van der Waals surface area (Å²) in [7, 11) is 0. The molecule has 0 aliphatic heterocycles. The summed E-state index contributed by atoms with van der Waals surface area (Å²) in [5.74, 6) is -1.38. The predicted molar refractivity (Wildman–Crippen MR) is 71.2 cm³/mol. The van der Waals surface area contributed by atoms with E-state index in [1.807, 2.05) is 13.8 Å². The fraction of sp³-hybridized carbons (Fsp3) is 0.538. The second kappa shape index (κ2) is 5.88. The molecule has 1 aromatic heterocycles. The molecule has 0 radical (unpaired) electrons. The number of nitrogens with two attached hydrogens (primary N) is 1. The normalized spacial score (nSPS) is 13.9. The highest BCUT2D eigenvalue weighted by molar-refractivity contribution is 5.93. The molecule has 0 fully saturated rings. The SMILES string of the molecule is CCC(C)(N)CCNC(=O)c1oc(C)cc(=O)c1O. The third-order valence-corrected chi connectivity index (χ3v) is 3.04. The molecule has 0 aromatic carbocycles. The molecule has 1 aromatic rings. The lowest BCUT2D eigenvalue weighted by molar-refractivity contribution is 0.0914. The van der Waals surface area contributed by atoms with Crippen molar-refractivity contribution in [2.45, 2.75) is 39.2 Å². The summed E-state index contributed by atoms with van der Waals surface area (Å²) in [5.41, 5.74) is 4.95. The topological polar surface area (TPSA) is 106 Å². The van der Waals surface area contributed by atoms with Crippen LogP contribution in [0.4, 0.5) is 0 Å². The van der Waals surface area contributed by atoms with Crippen molar-refractivity contribution in [1.82, 2.24) is 5.32 Å². The van der Waals surface area contributed by atoms with E-state index in [-0.39, 0.29) is 17.1 Å². The molecule has 1 unspecified atom stereocenters. The fourth-order valence-corrected chi connectivity index (χ4v) is 1.48. The van der Waals surface area contributed by atoms with E-state index in [1.165, 1.54) is 6.92 Å². The molecule has 0 saturated carbocycles. The molecule has 0 bridgehead atoms. The van der Waals surface area contributed by atoms with Crippen LogP contribution in [0.3, 0.4) is 0 Å². The Morgan fingerprint density at radius 1 is 1.58 bits per heavy atom. The number of hydrogen-bond donors (Lipinski definition) is 3. The van der Waals surface area contributed by atoms with E-state index < -0.39 is 17.1 Å². The van der Waals surface area contributed by atoms with Gasteiger partial charge in [-0.3, -0.25) is 9.59 Å². The Bertz CT molecular complexity index is 520. The average molecular weight is 268 g/mol. The van der Waals surface area contributed by atoms with Gasteiger partial charge in [0.05, 0.1) is 0 Å². The highest BCUT2D eigenvalue weighted by Gasteiger charge is 2.19. The molecule has 6 heteroatoms. The first-order valence-corrected chi connectivity index (χ1v) is 6.17. The molecular weight excluding hydrogens is 248 g/mol. The minimum atomic E-state index is -0.672. The van der Waals surface area contributed by atoms with Crippen molar-refractivity contribution >= 4 is 5.91 Å². The van der Waals surface area contributed by atoms with Gasteiger partial charge in [-0.1, -0.05) is 6.92 Å². The molecule has 106 valence electrons. The van der Waals surface area contributed by atoms with Gasteiger partial charge in [0, 0.05) is 18.2 Å². The molecule has 6 nitrogen and oxygen atoms in total. The van der Waals surface area contributed by atoms with Crippen LogP contribution in [0.15, 0.2) is 15.3 Å².